The van der Waals surface area contributed by atoms with Crippen LogP contribution in [0.5, 0.6) is 0 Å². The van der Waals surface area contributed by atoms with Gasteiger partial charge in [-0.2, -0.15) is 0 Å². The summed E-state index contributed by atoms with van der Waals surface area (Å²) in [6.45, 7) is 0. The summed E-state index contributed by atoms with van der Waals surface area (Å²) in [6.07, 6.45) is 0. The van der Waals surface area contributed by atoms with E-state index in [2.05, 4.69) is 66.7 Å². The van der Waals surface area contributed by atoms with Gasteiger partial charge >= 0.3 is 0 Å². The minimum absolute atomic E-state index is 0.0968. The van der Waals surface area contributed by atoms with Gasteiger partial charge < -0.3 is 0 Å². The molecule has 0 amide bonds. The van der Waals surface area contributed by atoms with Crippen LogP contribution in [0.3, 0.4) is 0 Å². The largest absolute Gasteiger partial charge is 0.0636 e. The first-order chi connectivity index (χ1) is 21.5. The Labute approximate surface area is 239 Å². The van der Waals surface area contributed by atoms with E-state index < -0.39 is 0 Å². The molecule has 186 valence electrons. The van der Waals surface area contributed by atoms with Gasteiger partial charge in [0.25, 0.3) is 0 Å². The second-order valence-corrected chi connectivity index (χ2v) is 10.2. The third kappa shape index (κ3) is 3.61. The van der Waals surface area contributed by atoms with Crippen molar-refractivity contribution < 1.29 is 5.48 Å². The van der Waals surface area contributed by atoms with E-state index in [4.69, 9.17) is 4.11 Å². The molecule has 0 aromatic heterocycles. The molecule has 0 heterocycles. The highest BCUT2D eigenvalue weighted by Gasteiger charge is 2.18. The van der Waals surface area contributed by atoms with Gasteiger partial charge in [-0.05, 0) is 88.6 Å². The molecule has 0 aliphatic heterocycles. The van der Waals surface area contributed by atoms with Crippen molar-refractivity contribution in [2.75, 3.05) is 0 Å². The topological polar surface area (TPSA) is 0 Å². The van der Waals surface area contributed by atoms with Crippen LogP contribution in [-0.2, 0) is 0 Å². The van der Waals surface area contributed by atoms with E-state index in [9.17, 15) is 1.37 Å². The van der Waals surface area contributed by atoms with Crippen LogP contribution in [0.15, 0.2) is 158 Å². The van der Waals surface area contributed by atoms with Gasteiger partial charge in [0.05, 0.1) is 5.48 Å². The first-order valence-corrected chi connectivity index (χ1v) is 13.5. The van der Waals surface area contributed by atoms with Crippen molar-refractivity contribution in [3.05, 3.63) is 158 Å². The summed E-state index contributed by atoms with van der Waals surface area (Å²) in [6, 6.07) is 44.8. The highest BCUT2D eigenvalue weighted by atomic mass is 14.2. The Morgan fingerprint density at radius 2 is 0.925 bits per heavy atom. The predicted molar refractivity (Wildman–Crippen MR) is 173 cm³/mol. The van der Waals surface area contributed by atoms with E-state index in [0.29, 0.717) is 16.7 Å². The second-order valence-electron chi connectivity index (χ2n) is 10.2. The third-order valence-corrected chi connectivity index (χ3v) is 7.90. The minimum Gasteiger partial charge on any atom is -0.0616 e. The first-order valence-electron chi connectivity index (χ1n) is 15.5. The van der Waals surface area contributed by atoms with Crippen molar-refractivity contribution in [1.82, 2.24) is 0 Å². The van der Waals surface area contributed by atoms with Crippen molar-refractivity contribution >= 4 is 43.1 Å². The highest BCUT2D eigenvalue weighted by Crippen LogP contribution is 2.45. The lowest BCUT2D eigenvalue weighted by Gasteiger charge is -2.19. The lowest BCUT2D eigenvalue weighted by molar-refractivity contribution is 1.63. The second kappa shape index (κ2) is 9.22. The van der Waals surface area contributed by atoms with E-state index in [0.717, 1.165) is 59.8 Å². The maximum atomic E-state index is 9.56. The Hall–Kier alpha value is -5.20. The van der Waals surface area contributed by atoms with Gasteiger partial charge in [-0.15, -0.1) is 0 Å². The monoisotopic (exact) mass is 510 g/mol. The van der Waals surface area contributed by atoms with E-state index >= 15 is 0 Å². The Balaban J connectivity index is 1.51. The van der Waals surface area contributed by atoms with Crippen LogP contribution in [-0.4, -0.2) is 0 Å². The van der Waals surface area contributed by atoms with Crippen LogP contribution in [0.25, 0.3) is 76.5 Å². The summed E-state index contributed by atoms with van der Waals surface area (Å²) in [7, 11) is 0. The lowest BCUT2D eigenvalue weighted by Crippen LogP contribution is -1.92. The molecule has 0 N–H and O–H groups in total. The molecule has 0 bridgehead atoms. The fraction of sp³-hybridized carbons (Fsp3) is 0. The molecule has 8 aromatic rings. The normalized spacial score (nSPS) is 12.9. The fourth-order valence-electron chi connectivity index (χ4n) is 6.09. The molecule has 0 spiro atoms. The lowest BCUT2D eigenvalue weighted by atomic mass is 9.84. The van der Waals surface area contributed by atoms with Crippen LogP contribution in [0.4, 0.5) is 0 Å². The van der Waals surface area contributed by atoms with Crippen molar-refractivity contribution in [2.24, 2.45) is 0 Å². The molecule has 0 aliphatic carbocycles. The van der Waals surface area contributed by atoms with E-state index in [-0.39, 0.29) is 24.2 Å². The fourth-order valence-corrected chi connectivity index (χ4v) is 6.09. The zero-order valence-corrected chi connectivity index (χ0v) is 21.7. The van der Waals surface area contributed by atoms with Crippen molar-refractivity contribution in [2.45, 2.75) is 0 Å². The summed E-state index contributed by atoms with van der Waals surface area (Å²) in [5, 5.41) is 8.26. The van der Waals surface area contributed by atoms with Crippen LogP contribution < -0.4 is 0 Å². The van der Waals surface area contributed by atoms with Crippen molar-refractivity contribution in [1.29, 1.82) is 0 Å². The zero-order valence-electron chi connectivity index (χ0n) is 25.7. The predicted octanol–water partition coefficient (Wildman–Crippen LogP) is 11.3. The molecule has 0 atom stereocenters. The molecule has 8 rings (SSSR count). The Morgan fingerprint density at radius 3 is 1.65 bits per heavy atom. The average molecular weight is 511 g/mol. The molecular formula is C40H26. The molecule has 0 nitrogen and oxygen atoms in total. The van der Waals surface area contributed by atoms with Crippen LogP contribution in [0.1, 0.15) is 5.48 Å². The molecule has 8 aromatic carbocycles. The molecule has 0 saturated carbocycles. The number of hydrogen-bond acceptors (Lipinski definition) is 0. The first kappa shape index (κ1) is 19.0. The van der Waals surface area contributed by atoms with Gasteiger partial charge in [-0.1, -0.05) is 146 Å². The molecule has 0 saturated heterocycles. The molecule has 40 heavy (non-hydrogen) atoms. The van der Waals surface area contributed by atoms with Gasteiger partial charge in [-0.25, -0.2) is 0 Å². The number of rotatable bonds is 3. The Kier molecular flexibility index (Phi) is 4.37. The maximum Gasteiger partial charge on any atom is 0.0636 e. The van der Waals surface area contributed by atoms with E-state index in [1.807, 2.05) is 66.7 Å². The molecule has 0 heteroatoms. The van der Waals surface area contributed by atoms with Gasteiger partial charge in [0.2, 0.25) is 0 Å². The minimum atomic E-state index is -0.176. The highest BCUT2D eigenvalue weighted by molar-refractivity contribution is 6.23. The van der Waals surface area contributed by atoms with Gasteiger partial charge in [0.1, 0.15) is 0 Å². The summed E-state index contributed by atoms with van der Waals surface area (Å²) < 4.78 is 36.5. The Bertz CT molecular complexity index is 2380. The van der Waals surface area contributed by atoms with Crippen LogP contribution in [0.2, 0.25) is 0 Å². The van der Waals surface area contributed by atoms with Crippen LogP contribution >= 0.6 is 0 Å². The summed E-state index contributed by atoms with van der Waals surface area (Å²) >= 11 is 0. The SMILES string of the molecule is [2H]c1c([2H])c(-c2ccc3ccccc3c2)c([2H])c(-c2c3ccccc3c(-c3cccc4ccccc34)c3ccccc23)c1[2H]. The van der Waals surface area contributed by atoms with Crippen molar-refractivity contribution in [3.8, 4) is 33.4 Å². The van der Waals surface area contributed by atoms with Gasteiger partial charge in [0.15, 0.2) is 0 Å². The number of fused-ring (bicyclic) bond motifs is 4. The smallest absolute Gasteiger partial charge is 0.0616 e. The molecule has 0 aliphatic rings. The molecular weight excluding hydrogens is 480 g/mol. The number of benzene rings is 8. The maximum absolute atomic E-state index is 9.56. The van der Waals surface area contributed by atoms with E-state index in [1.54, 1.807) is 0 Å². The van der Waals surface area contributed by atoms with Gasteiger partial charge in [-0.3, -0.25) is 0 Å². The summed E-state index contributed by atoms with van der Waals surface area (Å²) in [5.74, 6) is 0. The van der Waals surface area contributed by atoms with Gasteiger partial charge in [0, 0.05) is 0 Å². The average Bonchev–Trinajstić information content (AvgIpc) is 3.07. The Morgan fingerprint density at radius 1 is 0.375 bits per heavy atom. The standard InChI is InChI=1S/C40H26/c1-2-13-29-25-31(24-23-27(29)11-1)30-15-9-16-32(26-30)39-35-18-5-7-20-37(35)40(38-21-8-6-19-36(38)39)34-22-10-14-28-12-3-4-17-33(28)34/h1-26H/i9D,15D,16D,26D. The molecule has 0 radical (unpaired) electrons. The summed E-state index contributed by atoms with van der Waals surface area (Å²) in [5.41, 5.74) is 4.44. The van der Waals surface area contributed by atoms with Crippen molar-refractivity contribution in [3.63, 3.8) is 0 Å². The molecule has 0 unspecified atom stereocenters. The van der Waals surface area contributed by atoms with Crippen LogP contribution in [0, 0.1) is 0 Å². The third-order valence-electron chi connectivity index (χ3n) is 7.90. The van der Waals surface area contributed by atoms with E-state index in [1.165, 1.54) is 0 Å². The zero-order chi connectivity index (χ0) is 29.9. The quantitative estimate of drug-likeness (QED) is 0.207. The number of hydrogen-bond donors (Lipinski definition) is 0. The summed E-state index contributed by atoms with van der Waals surface area (Å²) in [4.78, 5) is 0. The molecule has 0 fully saturated rings.